The Labute approximate surface area is 92.8 Å². The molecule has 0 heterocycles. The van der Waals surface area contributed by atoms with Crippen LogP contribution in [0.15, 0.2) is 0 Å². The fourth-order valence-electron chi connectivity index (χ4n) is 2.10. The molecule has 0 aromatic heterocycles. The molecule has 3 N–H and O–H groups in total. The van der Waals surface area contributed by atoms with E-state index in [1.54, 1.807) is 0 Å². The molecular weight excluding hydrogens is 188 g/mol. The number of nitrogens with one attached hydrogen (secondary N) is 1. The molecule has 0 radical (unpaired) electrons. The van der Waals surface area contributed by atoms with Gasteiger partial charge in [0.25, 0.3) is 0 Å². The molecular formula is C12H24N2O. The zero-order valence-corrected chi connectivity index (χ0v) is 9.80. The van der Waals surface area contributed by atoms with Crippen LogP contribution < -0.4 is 11.1 Å². The van der Waals surface area contributed by atoms with Crippen molar-refractivity contribution in [3.63, 3.8) is 0 Å². The molecule has 1 saturated carbocycles. The Morgan fingerprint density at radius 1 is 1.40 bits per heavy atom. The topological polar surface area (TPSA) is 55.1 Å². The molecule has 1 rings (SSSR count). The molecule has 1 unspecified atom stereocenters. The van der Waals surface area contributed by atoms with Crippen LogP contribution in [0.25, 0.3) is 0 Å². The van der Waals surface area contributed by atoms with E-state index in [0.717, 1.165) is 13.0 Å². The predicted molar refractivity (Wildman–Crippen MR) is 62.4 cm³/mol. The Kier molecular flexibility index (Phi) is 5.69. The lowest BCUT2D eigenvalue weighted by Crippen LogP contribution is -2.32. The molecule has 1 aliphatic rings. The first kappa shape index (κ1) is 12.5. The number of nitrogens with two attached hydrogens (primary N) is 1. The highest BCUT2D eigenvalue weighted by molar-refractivity contribution is 5.76. The molecule has 1 amide bonds. The first-order valence-electron chi connectivity index (χ1n) is 6.19. The summed E-state index contributed by atoms with van der Waals surface area (Å²) in [5, 5.41) is 2.96. The van der Waals surface area contributed by atoms with Crippen molar-refractivity contribution in [1.29, 1.82) is 0 Å². The largest absolute Gasteiger partial charge is 0.356 e. The zero-order valence-electron chi connectivity index (χ0n) is 9.80. The second-order valence-corrected chi connectivity index (χ2v) is 4.85. The molecule has 0 bridgehead atoms. The van der Waals surface area contributed by atoms with Crippen molar-refractivity contribution in [3.05, 3.63) is 0 Å². The van der Waals surface area contributed by atoms with Crippen molar-refractivity contribution < 1.29 is 4.79 Å². The van der Waals surface area contributed by atoms with Crippen molar-refractivity contribution in [2.75, 3.05) is 13.1 Å². The van der Waals surface area contributed by atoms with Crippen LogP contribution in [-0.2, 0) is 4.79 Å². The third-order valence-corrected chi connectivity index (χ3v) is 3.25. The van der Waals surface area contributed by atoms with Crippen LogP contribution in [0.3, 0.4) is 0 Å². The average molecular weight is 212 g/mol. The van der Waals surface area contributed by atoms with Crippen molar-refractivity contribution in [3.8, 4) is 0 Å². The number of hydrogen-bond donors (Lipinski definition) is 2. The Bertz CT molecular complexity index is 188. The zero-order chi connectivity index (χ0) is 11.1. The van der Waals surface area contributed by atoms with E-state index in [4.69, 9.17) is 5.73 Å². The SMILES string of the molecule is CC(CN)CNC(=O)CC1CCCCC1. The van der Waals surface area contributed by atoms with E-state index in [1.807, 2.05) is 0 Å². The maximum absolute atomic E-state index is 11.6. The van der Waals surface area contributed by atoms with Crippen molar-refractivity contribution >= 4 is 5.91 Å². The first-order chi connectivity index (χ1) is 7.22. The molecule has 3 heteroatoms. The van der Waals surface area contributed by atoms with Crippen molar-refractivity contribution in [2.24, 2.45) is 17.6 Å². The Hall–Kier alpha value is -0.570. The Morgan fingerprint density at radius 3 is 2.67 bits per heavy atom. The van der Waals surface area contributed by atoms with Crippen LogP contribution in [-0.4, -0.2) is 19.0 Å². The summed E-state index contributed by atoms with van der Waals surface area (Å²) in [5.74, 6) is 1.23. The summed E-state index contributed by atoms with van der Waals surface area (Å²) in [4.78, 5) is 11.6. The van der Waals surface area contributed by atoms with Crippen molar-refractivity contribution in [1.82, 2.24) is 5.32 Å². The Balaban J connectivity index is 2.11. The van der Waals surface area contributed by atoms with Crippen LogP contribution in [0.5, 0.6) is 0 Å². The van der Waals surface area contributed by atoms with Gasteiger partial charge in [-0.1, -0.05) is 26.2 Å². The molecule has 0 aliphatic heterocycles. The number of rotatable bonds is 5. The highest BCUT2D eigenvalue weighted by atomic mass is 16.1. The lowest BCUT2D eigenvalue weighted by Gasteiger charge is -2.21. The molecule has 0 spiro atoms. The van der Waals surface area contributed by atoms with Gasteiger partial charge in [0.2, 0.25) is 5.91 Å². The Morgan fingerprint density at radius 2 is 2.07 bits per heavy atom. The molecule has 88 valence electrons. The minimum absolute atomic E-state index is 0.210. The van der Waals surface area contributed by atoms with E-state index in [0.29, 0.717) is 18.4 Å². The molecule has 0 saturated heterocycles. The number of carbonyl (C=O) groups is 1. The highest BCUT2D eigenvalue weighted by Gasteiger charge is 2.16. The van der Waals surface area contributed by atoms with Gasteiger partial charge in [-0.2, -0.15) is 0 Å². The van der Waals surface area contributed by atoms with E-state index >= 15 is 0 Å². The second-order valence-electron chi connectivity index (χ2n) is 4.85. The van der Waals surface area contributed by atoms with Crippen LogP contribution in [0.1, 0.15) is 45.4 Å². The maximum Gasteiger partial charge on any atom is 0.220 e. The first-order valence-corrected chi connectivity index (χ1v) is 6.19. The normalized spacial score (nSPS) is 19.9. The van der Waals surface area contributed by atoms with Gasteiger partial charge in [-0.25, -0.2) is 0 Å². The van der Waals surface area contributed by atoms with E-state index < -0.39 is 0 Å². The third kappa shape index (κ3) is 5.17. The molecule has 15 heavy (non-hydrogen) atoms. The molecule has 3 nitrogen and oxygen atoms in total. The average Bonchev–Trinajstić information content (AvgIpc) is 2.27. The monoisotopic (exact) mass is 212 g/mol. The minimum atomic E-state index is 0.210. The van der Waals surface area contributed by atoms with E-state index in [9.17, 15) is 4.79 Å². The third-order valence-electron chi connectivity index (χ3n) is 3.25. The van der Waals surface area contributed by atoms with Crippen molar-refractivity contribution in [2.45, 2.75) is 45.4 Å². The molecule has 1 aliphatic carbocycles. The highest BCUT2D eigenvalue weighted by Crippen LogP contribution is 2.25. The number of amides is 1. The van der Waals surface area contributed by atoms with Gasteiger partial charge < -0.3 is 11.1 Å². The molecule has 1 fully saturated rings. The van der Waals surface area contributed by atoms with Gasteiger partial charge >= 0.3 is 0 Å². The van der Waals surface area contributed by atoms with Gasteiger partial charge in [-0.15, -0.1) is 0 Å². The lowest BCUT2D eigenvalue weighted by atomic mass is 9.87. The van der Waals surface area contributed by atoms with Crippen LogP contribution >= 0.6 is 0 Å². The second kappa shape index (κ2) is 6.83. The molecule has 1 atom stereocenters. The van der Waals surface area contributed by atoms with Gasteiger partial charge in [-0.3, -0.25) is 4.79 Å². The van der Waals surface area contributed by atoms with Crippen LogP contribution in [0.4, 0.5) is 0 Å². The summed E-state index contributed by atoms with van der Waals surface area (Å²) < 4.78 is 0. The van der Waals surface area contributed by atoms with Crippen LogP contribution in [0, 0.1) is 11.8 Å². The lowest BCUT2D eigenvalue weighted by molar-refractivity contribution is -0.122. The van der Waals surface area contributed by atoms with Crippen LogP contribution in [0.2, 0.25) is 0 Å². The van der Waals surface area contributed by atoms with Gasteiger partial charge in [0.05, 0.1) is 0 Å². The fraction of sp³-hybridized carbons (Fsp3) is 0.917. The maximum atomic E-state index is 11.6. The van der Waals surface area contributed by atoms with Gasteiger partial charge in [0.15, 0.2) is 0 Å². The summed E-state index contributed by atoms with van der Waals surface area (Å²) >= 11 is 0. The van der Waals surface area contributed by atoms with Gasteiger partial charge in [0.1, 0.15) is 0 Å². The summed E-state index contributed by atoms with van der Waals surface area (Å²) in [7, 11) is 0. The minimum Gasteiger partial charge on any atom is -0.356 e. The van der Waals surface area contributed by atoms with E-state index in [-0.39, 0.29) is 5.91 Å². The summed E-state index contributed by atoms with van der Waals surface area (Å²) in [5.41, 5.74) is 5.49. The summed E-state index contributed by atoms with van der Waals surface area (Å²) in [6.45, 7) is 3.42. The summed E-state index contributed by atoms with van der Waals surface area (Å²) in [6.07, 6.45) is 7.15. The van der Waals surface area contributed by atoms with E-state index in [1.165, 1.54) is 32.1 Å². The molecule has 0 aromatic carbocycles. The van der Waals surface area contributed by atoms with E-state index in [2.05, 4.69) is 12.2 Å². The number of hydrogen-bond acceptors (Lipinski definition) is 2. The quantitative estimate of drug-likeness (QED) is 0.728. The molecule has 0 aromatic rings. The van der Waals surface area contributed by atoms with Gasteiger partial charge in [-0.05, 0) is 31.2 Å². The smallest absolute Gasteiger partial charge is 0.220 e. The predicted octanol–water partition coefficient (Wildman–Crippen LogP) is 1.67. The standard InChI is InChI=1S/C12H24N2O/c1-10(8-13)9-14-12(15)7-11-5-3-2-4-6-11/h10-11H,2-9,13H2,1H3,(H,14,15). The summed E-state index contributed by atoms with van der Waals surface area (Å²) in [6, 6.07) is 0. The fourth-order valence-corrected chi connectivity index (χ4v) is 2.10. The van der Waals surface area contributed by atoms with Gasteiger partial charge in [0, 0.05) is 13.0 Å². The number of carbonyl (C=O) groups excluding carboxylic acids is 1.